The van der Waals surface area contributed by atoms with Gasteiger partial charge < -0.3 is 20.1 Å². The summed E-state index contributed by atoms with van der Waals surface area (Å²) in [5, 5.41) is 6.20. The lowest BCUT2D eigenvalue weighted by Gasteiger charge is -2.13. The van der Waals surface area contributed by atoms with Gasteiger partial charge in [0.25, 0.3) is 0 Å². The number of carbonyl (C=O) groups excluding carboxylic acids is 1. The van der Waals surface area contributed by atoms with Gasteiger partial charge in [0.05, 0.1) is 12.3 Å². The summed E-state index contributed by atoms with van der Waals surface area (Å²) in [5.74, 6) is 0.626. The van der Waals surface area contributed by atoms with Crippen LogP contribution in [0, 0.1) is 0 Å². The van der Waals surface area contributed by atoms with Gasteiger partial charge in [-0.2, -0.15) is 0 Å². The van der Waals surface area contributed by atoms with Gasteiger partial charge in [-0.25, -0.2) is 4.79 Å². The lowest BCUT2D eigenvalue weighted by atomic mass is 10.2. The van der Waals surface area contributed by atoms with E-state index in [4.69, 9.17) is 21.1 Å². The van der Waals surface area contributed by atoms with Crippen LogP contribution >= 0.6 is 11.6 Å². The maximum atomic E-state index is 12.1. The number of carbonyl (C=O) groups is 1. The molecule has 2 N–H and O–H groups in total. The number of amides is 2. The van der Waals surface area contributed by atoms with Gasteiger partial charge in [0.1, 0.15) is 5.75 Å². The maximum absolute atomic E-state index is 12.1. The van der Waals surface area contributed by atoms with E-state index >= 15 is 0 Å². The molecule has 0 heterocycles. The summed E-state index contributed by atoms with van der Waals surface area (Å²) in [6.07, 6.45) is 0.781. The molecule has 2 aromatic rings. The van der Waals surface area contributed by atoms with Crippen LogP contribution in [-0.2, 0) is 11.3 Å². The molecule has 0 aliphatic rings. The van der Waals surface area contributed by atoms with Crippen molar-refractivity contribution in [2.45, 2.75) is 13.0 Å². The van der Waals surface area contributed by atoms with Crippen LogP contribution in [0.2, 0.25) is 5.02 Å². The van der Waals surface area contributed by atoms with Gasteiger partial charge >= 0.3 is 6.03 Å². The summed E-state index contributed by atoms with van der Waals surface area (Å²) in [5.41, 5.74) is 1.48. The standard InChI is InChI=1S/C18H21ClN2O3/c1-23-11-6-12-24-17-10-5-4-9-16(17)21-18(22)20-13-14-7-2-3-8-15(14)19/h2-5,7-10H,6,11-13H2,1H3,(H2,20,21,22). The molecule has 0 aliphatic heterocycles. The zero-order valence-corrected chi connectivity index (χ0v) is 14.3. The molecule has 0 radical (unpaired) electrons. The molecule has 0 saturated carbocycles. The Morgan fingerprint density at radius 3 is 2.62 bits per heavy atom. The highest BCUT2D eigenvalue weighted by atomic mass is 35.5. The molecular weight excluding hydrogens is 328 g/mol. The Labute approximate surface area is 146 Å². The first-order valence-corrected chi connectivity index (χ1v) is 8.07. The number of hydrogen-bond acceptors (Lipinski definition) is 3. The molecule has 0 aliphatic carbocycles. The van der Waals surface area contributed by atoms with Crippen molar-refractivity contribution >= 4 is 23.3 Å². The second kappa shape index (κ2) is 9.80. The summed E-state index contributed by atoms with van der Waals surface area (Å²) in [4.78, 5) is 12.1. The second-order valence-electron chi connectivity index (χ2n) is 5.09. The first-order valence-electron chi connectivity index (χ1n) is 7.69. The van der Waals surface area contributed by atoms with Crippen molar-refractivity contribution in [1.29, 1.82) is 0 Å². The van der Waals surface area contributed by atoms with E-state index in [1.165, 1.54) is 0 Å². The topological polar surface area (TPSA) is 59.6 Å². The van der Waals surface area contributed by atoms with E-state index in [9.17, 15) is 4.79 Å². The van der Waals surface area contributed by atoms with Crippen molar-refractivity contribution in [2.75, 3.05) is 25.6 Å². The first-order chi connectivity index (χ1) is 11.7. The van der Waals surface area contributed by atoms with E-state index in [1.54, 1.807) is 19.2 Å². The van der Waals surface area contributed by atoms with Gasteiger partial charge in [-0.3, -0.25) is 0 Å². The van der Waals surface area contributed by atoms with Gasteiger partial charge in [0.2, 0.25) is 0 Å². The van der Waals surface area contributed by atoms with E-state index in [0.29, 0.717) is 36.2 Å². The molecule has 2 amide bonds. The Bertz CT molecular complexity index is 664. The SMILES string of the molecule is COCCCOc1ccccc1NC(=O)NCc1ccccc1Cl. The minimum Gasteiger partial charge on any atom is -0.491 e. The number of anilines is 1. The summed E-state index contributed by atoms with van der Waals surface area (Å²) in [7, 11) is 1.65. The van der Waals surface area contributed by atoms with E-state index < -0.39 is 0 Å². The summed E-state index contributed by atoms with van der Waals surface area (Å²) >= 11 is 6.07. The minimum atomic E-state index is -0.317. The molecule has 24 heavy (non-hydrogen) atoms. The van der Waals surface area contributed by atoms with Crippen molar-refractivity contribution in [3.8, 4) is 5.75 Å². The molecule has 2 rings (SSSR count). The fourth-order valence-corrected chi connectivity index (χ4v) is 2.27. The van der Waals surface area contributed by atoms with Crippen molar-refractivity contribution < 1.29 is 14.3 Å². The fraction of sp³-hybridized carbons (Fsp3) is 0.278. The lowest BCUT2D eigenvalue weighted by molar-refractivity contribution is 0.172. The number of nitrogens with one attached hydrogen (secondary N) is 2. The van der Waals surface area contributed by atoms with Gasteiger partial charge in [0.15, 0.2) is 0 Å². The highest BCUT2D eigenvalue weighted by Crippen LogP contribution is 2.23. The van der Waals surface area contributed by atoms with Crippen molar-refractivity contribution in [2.24, 2.45) is 0 Å². The quantitative estimate of drug-likeness (QED) is 0.707. The highest BCUT2D eigenvalue weighted by Gasteiger charge is 2.08. The number of rotatable bonds is 8. The third-order valence-corrected chi connectivity index (χ3v) is 3.65. The third kappa shape index (κ3) is 5.76. The smallest absolute Gasteiger partial charge is 0.319 e. The average Bonchev–Trinajstić information content (AvgIpc) is 2.59. The van der Waals surface area contributed by atoms with E-state index in [-0.39, 0.29) is 6.03 Å². The molecule has 0 saturated heterocycles. The molecule has 0 atom stereocenters. The zero-order valence-electron chi connectivity index (χ0n) is 13.5. The highest BCUT2D eigenvalue weighted by molar-refractivity contribution is 6.31. The van der Waals surface area contributed by atoms with Crippen molar-refractivity contribution in [1.82, 2.24) is 5.32 Å². The van der Waals surface area contributed by atoms with Crippen LogP contribution in [0.4, 0.5) is 10.5 Å². The van der Waals surface area contributed by atoms with Crippen LogP contribution in [0.25, 0.3) is 0 Å². The van der Waals surface area contributed by atoms with Crippen LogP contribution in [0.5, 0.6) is 5.75 Å². The average molecular weight is 349 g/mol. The minimum absolute atomic E-state index is 0.317. The second-order valence-corrected chi connectivity index (χ2v) is 5.50. The maximum Gasteiger partial charge on any atom is 0.319 e. The zero-order chi connectivity index (χ0) is 17.2. The van der Waals surface area contributed by atoms with Gasteiger partial charge in [0, 0.05) is 31.7 Å². The Morgan fingerprint density at radius 2 is 1.83 bits per heavy atom. The molecule has 128 valence electrons. The first kappa shape index (κ1) is 18.1. The number of para-hydroxylation sites is 2. The molecule has 6 heteroatoms. The molecule has 0 unspecified atom stereocenters. The summed E-state index contributed by atoms with van der Waals surface area (Å²) in [6.45, 7) is 1.50. The molecule has 2 aromatic carbocycles. The van der Waals surface area contributed by atoms with Crippen molar-refractivity contribution in [3.05, 3.63) is 59.1 Å². The summed E-state index contributed by atoms with van der Waals surface area (Å²) in [6, 6.07) is 14.4. The van der Waals surface area contributed by atoms with Gasteiger partial charge in [-0.05, 0) is 23.8 Å². The Kier molecular flexibility index (Phi) is 7.39. The third-order valence-electron chi connectivity index (χ3n) is 3.28. The van der Waals surface area contributed by atoms with E-state index in [1.807, 2.05) is 36.4 Å². The van der Waals surface area contributed by atoms with E-state index in [2.05, 4.69) is 10.6 Å². The number of hydrogen-bond donors (Lipinski definition) is 2. The lowest BCUT2D eigenvalue weighted by Crippen LogP contribution is -2.28. The monoisotopic (exact) mass is 348 g/mol. The fourth-order valence-electron chi connectivity index (χ4n) is 2.06. The van der Waals surface area contributed by atoms with Crippen LogP contribution in [-0.4, -0.2) is 26.4 Å². The van der Waals surface area contributed by atoms with Gasteiger partial charge in [-0.15, -0.1) is 0 Å². The van der Waals surface area contributed by atoms with Crippen LogP contribution in [0.1, 0.15) is 12.0 Å². The molecule has 0 bridgehead atoms. The molecule has 0 spiro atoms. The normalized spacial score (nSPS) is 10.2. The Balaban J connectivity index is 1.88. The molecule has 5 nitrogen and oxygen atoms in total. The molecule has 0 aromatic heterocycles. The van der Waals surface area contributed by atoms with Crippen LogP contribution < -0.4 is 15.4 Å². The number of halogens is 1. The number of ether oxygens (including phenoxy) is 2. The molecular formula is C18H21ClN2O3. The number of benzene rings is 2. The van der Waals surface area contributed by atoms with Crippen molar-refractivity contribution in [3.63, 3.8) is 0 Å². The molecule has 0 fully saturated rings. The predicted molar refractivity (Wildman–Crippen MR) is 95.7 cm³/mol. The van der Waals surface area contributed by atoms with Crippen LogP contribution in [0.15, 0.2) is 48.5 Å². The van der Waals surface area contributed by atoms with Gasteiger partial charge in [-0.1, -0.05) is 41.9 Å². The van der Waals surface area contributed by atoms with Crippen LogP contribution in [0.3, 0.4) is 0 Å². The Morgan fingerprint density at radius 1 is 1.08 bits per heavy atom. The predicted octanol–water partition coefficient (Wildman–Crippen LogP) is 4.08. The largest absolute Gasteiger partial charge is 0.491 e. The summed E-state index contributed by atoms with van der Waals surface area (Å²) < 4.78 is 10.7. The number of urea groups is 1. The Hall–Kier alpha value is -2.24. The number of methoxy groups -OCH3 is 1. The van der Waals surface area contributed by atoms with E-state index in [0.717, 1.165) is 12.0 Å².